The third-order valence-corrected chi connectivity index (χ3v) is 13.8. The van der Waals surface area contributed by atoms with Crippen molar-refractivity contribution < 1.29 is 88.0 Å². The number of hydrogen-bond donors (Lipinski definition) is 7. The molecule has 0 aromatic heterocycles. The zero-order chi connectivity index (χ0) is 54.1. The zero-order valence-electron chi connectivity index (χ0n) is 43.0. The summed E-state index contributed by atoms with van der Waals surface area (Å²) in [5, 5.41) is 76.0. The minimum Gasteiger partial charge on any atom is -0.505 e. The Labute approximate surface area is 431 Å². The van der Waals surface area contributed by atoms with Gasteiger partial charge in [-0.1, -0.05) is 86.9 Å². The molecular formula is C52H74Cl2O18. The predicted molar refractivity (Wildman–Crippen MR) is 265 cm³/mol. The van der Waals surface area contributed by atoms with Crippen LogP contribution in [-0.4, -0.2) is 153 Å². The normalized spacial score (nSPS) is 34.8. The van der Waals surface area contributed by atoms with Crippen molar-refractivity contribution in [3.8, 4) is 11.5 Å². The lowest BCUT2D eigenvalue weighted by Gasteiger charge is -2.47. The molecule has 0 bridgehead atoms. The van der Waals surface area contributed by atoms with Crippen LogP contribution in [0.1, 0.15) is 111 Å². The molecule has 1 aromatic carbocycles. The summed E-state index contributed by atoms with van der Waals surface area (Å²) in [7, 11) is 1.26. The van der Waals surface area contributed by atoms with Gasteiger partial charge in [-0.25, -0.2) is 9.59 Å². The second-order valence-electron chi connectivity index (χ2n) is 19.4. The highest BCUT2D eigenvalue weighted by atomic mass is 35.5. The van der Waals surface area contributed by atoms with Crippen molar-refractivity contribution in [1.29, 1.82) is 0 Å². The molecule has 1 aromatic rings. The minimum atomic E-state index is -1.55. The van der Waals surface area contributed by atoms with Crippen molar-refractivity contribution in [3.63, 3.8) is 0 Å². The molecule has 3 aliphatic heterocycles. The standard InChI is InChI=1S/C52H74Cl2O18/c1-13-30-22-26(6)33(56)18-16-15-17-31(23-66-50-45(65-12)43(38(57)29(9)67-50)69-49(64)35-32(14-2)36(53)40(59)37(54)39(35)58)48(63)68-34(28(8)55)20-19-25(5)21-27(7)42(30)71-51-44(70-47(62)24(3)4)41(60)46(61)52(10,11)72-51/h15-17,19,21-22,24,28-30,33-34,38,41-46,50-51,55-61H,13-14,18,20,23H2,1-12H3/b16-15+,25-19+,26-22+,27-21+,31-17-/t28-,29+,30-,33+,34+,38+,41+,42+,43+,44+,45-,46-,50+,51-/m1/s1. The van der Waals surface area contributed by atoms with Crippen molar-refractivity contribution in [2.45, 2.75) is 187 Å². The van der Waals surface area contributed by atoms with Gasteiger partial charge in [-0.05, 0) is 90.5 Å². The van der Waals surface area contributed by atoms with Gasteiger partial charge in [0.2, 0.25) is 0 Å². The van der Waals surface area contributed by atoms with E-state index < -0.39 is 144 Å². The Morgan fingerprint density at radius 2 is 1.57 bits per heavy atom. The third-order valence-electron chi connectivity index (χ3n) is 13.0. The van der Waals surface area contributed by atoms with E-state index in [0.717, 1.165) is 0 Å². The Hall–Kier alpha value is -3.89. The molecule has 20 heteroatoms. The second-order valence-corrected chi connectivity index (χ2v) is 20.1. The zero-order valence-corrected chi connectivity index (χ0v) is 44.5. The number of halogens is 2. The maximum absolute atomic E-state index is 14.0. The number of cyclic esters (lactones) is 1. The molecule has 14 atom stereocenters. The molecule has 72 heavy (non-hydrogen) atoms. The fraction of sp³-hybridized carbons (Fsp3) is 0.635. The molecule has 0 amide bonds. The summed E-state index contributed by atoms with van der Waals surface area (Å²) in [5.41, 5.74) is 0.204. The number of aliphatic hydroxyl groups is 5. The van der Waals surface area contributed by atoms with Crippen LogP contribution in [0, 0.1) is 11.8 Å². The van der Waals surface area contributed by atoms with E-state index in [9.17, 15) is 50.1 Å². The maximum atomic E-state index is 14.0. The number of phenolic OH excluding ortho intramolecular Hbond substituents is 2. The van der Waals surface area contributed by atoms with Crippen LogP contribution in [0.3, 0.4) is 0 Å². The Morgan fingerprint density at radius 1 is 0.903 bits per heavy atom. The molecule has 2 saturated heterocycles. The Bertz CT molecular complexity index is 2220. The molecule has 404 valence electrons. The van der Waals surface area contributed by atoms with Crippen LogP contribution >= 0.6 is 23.2 Å². The fourth-order valence-electron chi connectivity index (χ4n) is 8.48. The smallest absolute Gasteiger partial charge is 0.342 e. The van der Waals surface area contributed by atoms with Gasteiger partial charge in [-0.3, -0.25) is 4.79 Å². The molecule has 0 radical (unpaired) electrons. The first-order valence-electron chi connectivity index (χ1n) is 24.2. The monoisotopic (exact) mass is 1060 g/mol. The molecule has 0 saturated carbocycles. The number of phenols is 2. The van der Waals surface area contributed by atoms with Crippen LogP contribution in [0.2, 0.25) is 10.0 Å². The van der Waals surface area contributed by atoms with E-state index in [0.29, 0.717) is 23.1 Å². The van der Waals surface area contributed by atoms with Gasteiger partial charge < -0.3 is 73.6 Å². The highest BCUT2D eigenvalue weighted by molar-refractivity contribution is 6.39. The summed E-state index contributed by atoms with van der Waals surface area (Å²) < 4.78 is 48.0. The molecule has 18 nitrogen and oxygen atoms in total. The highest BCUT2D eigenvalue weighted by Gasteiger charge is 2.53. The summed E-state index contributed by atoms with van der Waals surface area (Å²) in [6.45, 7) is 17.9. The van der Waals surface area contributed by atoms with Crippen molar-refractivity contribution >= 4 is 41.1 Å². The number of carbonyl (C=O) groups excluding carboxylic acids is 3. The Kier molecular flexibility index (Phi) is 22.4. The number of hydrogen-bond acceptors (Lipinski definition) is 18. The number of esters is 3. The number of methoxy groups -OCH3 is 1. The van der Waals surface area contributed by atoms with E-state index >= 15 is 0 Å². The van der Waals surface area contributed by atoms with Crippen LogP contribution in [0.4, 0.5) is 0 Å². The van der Waals surface area contributed by atoms with E-state index in [1.54, 1.807) is 53.7 Å². The molecule has 0 spiro atoms. The molecule has 3 heterocycles. The Balaban J connectivity index is 1.68. The number of aromatic hydroxyl groups is 2. The summed E-state index contributed by atoms with van der Waals surface area (Å²) in [4.78, 5) is 40.6. The largest absolute Gasteiger partial charge is 0.505 e. The third kappa shape index (κ3) is 14.7. The van der Waals surface area contributed by atoms with E-state index in [4.69, 9.17) is 61.1 Å². The first kappa shape index (κ1) is 60.7. The van der Waals surface area contributed by atoms with Gasteiger partial charge in [0.15, 0.2) is 36.3 Å². The highest BCUT2D eigenvalue weighted by Crippen LogP contribution is 2.45. The number of ether oxygens (including phenoxy) is 8. The number of allylic oxidation sites excluding steroid dienone is 4. The second kappa shape index (κ2) is 26.5. The van der Waals surface area contributed by atoms with Crippen LogP contribution < -0.4 is 0 Å². The minimum absolute atomic E-state index is 0.0402. The van der Waals surface area contributed by atoms with Crippen molar-refractivity contribution in [2.24, 2.45) is 11.8 Å². The van der Waals surface area contributed by atoms with Crippen LogP contribution in [0.15, 0.2) is 58.7 Å². The summed E-state index contributed by atoms with van der Waals surface area (Å²) in [5.74, 6) is -5.00. The lowest BCUT2D eigenvalue weighted by atomic mass is 9.88. The van der Waals surface area contributed by atoms with E-state index in [1.807, 2.05) is 32.9 Å². The van der Waals surface area contributed by atoms with E-state index in [-0.39, 0.29) is 35.4 Å². The van der Waals surface area contributed by atoms with Gasteiger partial charge in [0.25, 0.3) is 0 Å². The lowest BCUT2D eigenvalue weighted by molar-refractivity contribution is -0.333. The lowest BCUT2D eigenvalue weighted by Crippen LogP contribution is -2.64. The van der Waals surface area contributed by atoms with Gasteiger partial charge in [0.1, 0.15) is 41.1 Å². The average molecular weight is 1060 g/mol. The summed E-state index contributed by atoms with van der Waals surface area (Å²) in [6, 6.07) is 0. The van der Waals surface area contributed by atoms with Gasteiger partial charge in [-0.15, -0.1) is 0 Å². The van der Waals surface area contributed by atoms with E-state index in [1.165, 1.54) is 33.1 Å². The van der Waals surface area contributed by atoms with Gasteiger partial charge in [0.05, 0.1) is 53.1 Å². The molecule has 0 aliphatic carbocycles. The number of aliphatic hydroxyl groups excluding tert-OH is 5. The van der Waals surface area contributed by atoms with Crippen molar-refractivity contribution in [2.75, 3.05) is 13.7 Å². The van der Waals surface area contributed by atoms with Gasteiger partial charge in [0, 0.05) is 19.4 Å². The first-order chi connectivity index (χ1) is 33.7. The predicted octanol–water partition coefficient (Wildman–Crippen LogP) is 6.23. The van der Waals surface area contributed by atoms with Crippen molar-refractivity contribution in [3.05, 3.63) is 79.9 Å². The van der Waals surface area contributed by atoms with Crippen molar-refractivity contribution in [1.82, 2.24) is 0 Å². The molecule has 3 aliphatic rings. The van der Waals surface area contributed by atoms with Gasteiger partial charge >= 0.3 is 17.9 Å². The topological polar surface area (TPSA) is 267 Å². The van der Waals surface area contributed by atoms with Crippen LogP contribution in [0.5, 0.6) is 11.5 Å². The number of carbonyl (C=O) groups is 3. The maximum Gasteiger partial charge on any atom is 0.342 e. The average Bonchev–Trinajstić information content (AvgIpc) is 3.32. The Morgan fingerprint density at radius 3 is 2.17 bits per heavy atom. The van der Waals surface area contributed by atoms with E-state index in [2.05, 4.69) is 0 Å². The van der Waals surface area contributed by atoms with Crippen LogP contribution in [0.25, 0.3) is 0 Å². The molecule has 0 unspecified atom stereocenters. The first-order valence-corrected chi connectivity index (χ1v) is 24.9. The molecular weight excluding hydrogens is 983 g/mol. The van der Waals surface area contributed by atoms with Crippen LogP contribution in [-0.2, 0) is 53.9 Å². The molecule has 4 rings (SSSR count). The van der Waals surface area contributed by atoms with Gasteiger partial charge in [-0.2, -0.15) is 0 Å². The SMILES string of the molecule is CCc1c(Cl)c(O)c(Cl)c(O)c1C(=O)O[C@H]1[C@@H](O)[C@H](C)O[C@H](OC/C2=C/C=C/C[C@H](O)/C(C)=C/[C@@H](CC)[C@@H](O[C@@H]3OC(C)(C)[C@H](O)[C@@H](O)[C@@H]3OC(=O)C(C)C)/C(C)=C/C(C)=C/C[C@@H]([C@@H](C)O)OC2=O)[C@@H]1OC. The molecule has 7 N–H and O–H groups in total. The summed E-state index contributed by atoms with van der Waals surface area (Å²) >= 11 is 12.3. The number of benzene rings is 1. The summed E-state index contributed by atoms with van der Waals surface area (Å²) in [6.07, 6.45) is -5.60. The quantitative estimate of drug-likeness (QED) is 0.0655. The fourth-order valence-corrected chi connectivity index (χ4v) is 9.04. The molecule has 2 fully saturated rings. The number of rotatable bonds is 13.